The molecule has 1 aliphatic rings. The van der Waals surface area contributed by atoms with Gasteiger partial charge in [-0.2, -0.15) is 0 Å². The van der Waals surface area contributed by atoms with Crippen molar-refractivity contribution in [1.82, 2.24) is 4.90 Å². The number of hydrogen-bond donors (Lipinski definition) is 0. The maximum absolute atomic E-state index is 12.7. The van der Waals surface area contributed by atoms with Gasteiger partial charge in [0.1, 0.15) is 0 Å². The molecule has 0 bridgehead atoms. The van der Waals surface area contributed by atoms with E-state index in [2.05, 4.69) is 22.6 Å². The SMILES string of the molecule is COc1cc(I)c(C(=O)N2CCOC(C)(C)C2)cc1OC. The number of amides is 1. The van der Waals surface area contributed by atoms with Crippen LogP contribution < -0.4 is 9.47 Å². The predicted octanol–water partition coefficient (Wildman–Crippen LogP) is 2.56. The van der Waals surface area contributed by atoms with Crippen LogP contribution in [0.1, 0.15) is 24.2 Å². The Kier molecular flexibility index (Phi) is 4.98. The average molecular weight is 405 g/mol. The van der Waals surface area contributed by atoms with Crippen molar-refractivity contribution in [2.24, 2.45) is 0 Å². The van der Waals surface area contributed by atoms with Crippen LogP contribution in [-0.2, 0) is 4.74 Å². The number of morpholine rings is 1. The number of carbonyl (C=O) groups excluding carboxylic acids is 1. The van der Waals surface area contributed by atoms with E-state index in [0.717, 1.165) is 3.57 Å². The van der Waals surface area contributed by atoms with Gasteiger partial charge < -0.3 is 19.1 Å². The summed E-state index contributed by atoms with van der Waals surface area (Å²) in [7, 11) is 3.15. The molecule has 1 amide bonds. The van der Waals surface area contributed by atoms with E-state index in [9.17, 15) is 4.79 Å². The van der Waals surface area contributed by atoms with Crippen molar-refractivity contribution in [2.45, 2.75) is 19.4 Å². The third kappa shape index (κ3) is 3.60. The van der Waals surface area contributed by atoms with E-state index in [1.54, 1.807) is 20.3 Å². The molecule has 1 saturated heterocycles. The monoisotopic (exact) mass is 405 g/mol. The summed E-state index contributed by atoms with van der Waals surface area (Å²) in [6.07, 6.45) is 0. The third-order valence-corrected chi connectivity index (χ3v) is 4.31. The molecule has 1 heterocycles. The van der Waals surface area contributed by atoms with Crippen LogP contribution >= 0.6 is 22.6 Å². The van der Waals surface area contributed by atoms with Crippen molar-refractivity contribution < 1.29 is 19.0 Å². The predicted molar refractivity (Wildman–Crippen MR) is 88.2 cm³/mol. The topological polar surface area (TPSA) is 48.0 Å². The van der Waals surface area contributed by atoms with E-state index in [-0.39, 0.29) is 11.5 Å². The summed E-state index contributed by atoms with van der Waals surface area (Å²) in [6.45, 7) is 5.73. The molecule has 0 radical (unpaired) electrons. The molecule has 2 rings (SSSR count). The van der Waals surface area contributed by atoms with Crippen LogP contribution in [0.25, 0.3) is 0 Å². The van der Waals surface area contributed by atoms with E-state index in [1.807, 2.05) is 24.8 Å². The maximum atomic E-state index is 12.7. The van der Waals surface area contributed by atoms with Gasteiger partial charge in [0.05, 0.1) is 32.0 Å². The molecule has 0 unspecified atom stereocenters. The highest BCUT2D eigenvalue weighted by Gasteiger charge is 2.31. The van der Waals surface area contributed by atoms with Crippen LogP contribution in [-0.4, -0.2) is 50.3 Å². The van der Waals surface area contributed by atoms with Crippen LogP contribution in [0.5, 0.6) is 11.5 Å². The van der Waals surface area contributed by atoms with Crippen molar-refractivity contribution in [3.05, 3.63) is 21.3 Å². The van der Waals surface area contributed by atoms with Crippen LogP contribution in [0.15, 0.2) is 12.1 Å². The number of hydrogen-bond acceptors (Lipinski definition) is 4. The summed E-state index contributed by atoms with van der Waals surface area (Å²) >= 11 is 2.15. The molecule has 0 atom stereocenters. The van der Waals surface area contributed by atoms with Gasteiger partial charge in [0.15, 0.2) is 11.5 Å². The number of benzene rings is 1. The first-order valence-electron chi connectivity index (χ1n) is 6.72. The van der Waals surface area contributed by atoms with Gasteiger partial charge in [-0.25, -0.2) is 0 Å². The fraction of sp³-hybridized carbons (Fsp3) is 0.533. The molecule has 0 aromatic heterocycles. The lowest BCUT2D eigenvalue weighted by atomic mass is 10.1. The van der Waals surface area contributed by atoms with Crippen LogP contribution in [0, 0.1) is 3.57 Å². The van der Waals surface area contributed by atoms with E-state index >= 15 is 0 Å². The Morgan fingerprint density at radius 3 is 2.48 bits per heavy atom. The first-order chi connectivity index (χ1) is 9.88. The van der Waals surface area contributed by atoms with Crippen molar-refractivity contribution >= 4 is 28.5 Å². The largest absolute Gasteiger partial charge is 0.493 e. The molecule has 0 N–H and O–H groups in total. The Morgan fingerprint density at radius 2 is 1.90 bits per heavy atom. The smallest absolute Gasteiger partial charge is 0.255 e. The molecule has 1 aromatic carbocycles. The second-order valence-corrected chi connectivity index (χ2v) is 6.68. The Labute approximate surface area is 138 Å². The molecule has 116 valence electrons. The number of halogens is 1. The Bertz CT molecular complexity index is 545. The summed E-state index contributed by atoms with van der Waals surface area (Å²) in [6, 6.07) is 3.56. The number of carbonyl (C=O) groups is 1. The zero-order valence-corrected chi connectivity index (χ0v) is 14.9. The molecule has 21 heavy (non-hydrogen) atoms. The molecule has 6 heteroatoms. The Morgan fingerprint density at radius 1 is 1.29 bits per heavy atom. The van der Waals surface area contributed by atoms with Crippen molar-refractivity contribution in [3.8, 4) is 11.5 Å². The van der Waals surface area contributed by atoms with Crippen LogP contribution in [0.3, 0.4) is 0 Å². The quantitative estimate of drug-likeness (QED) is 0.726. The third-order valence-electron chi connectivity index (χ3n) is 3.42. The summed E-state index contributed by atoms with van der Waals surface area (Å²) < 4.78 is 17.0. The van der Waals surface area contributed by atoms with Gasteiger partial charge in [-0.3, -0.25) is 4.79 Å². The summed E-state index contributed by atoms with van der Waals surface area (Å²) in [5.41, 5.74) is 0.321. The van der Waals surface area contributed by atoms with Gasteiger partial charge in [-0.15, -0.1) is 0 Å². The summed E-state index contributed by atoms with van der Waals surface area (Å²) in [5.74, 6) is 1.19. The Balaban J connectivity index is 2.30. The maximum Gasteiger partial charge on any atom is 0.255 e. The minimum atomic E-state index is -0.310. The van der Waals surface area contributed by atoms with E-state index in [1.165, 1.54) is 0 Å². The molecule has 1 aromatic rings. The highest BCUT2D eigenvalue weighted by molar-refractivity contribution is 14.1. The number of methoxy groups -OCH3 is 2. The molecule has 0 aliphatic carbocycles. The highest BCUT2D eigenvalue weighted by Crippen LogP contribution is 2.32. The van der Waals surface area contributed by atoms with E-state index < -0.39 is 0 Å². The molecule has 0 saturated carbocycles. The fourth-order valence-electron chi connectivity index (χ4n) is 2.38. The lowest BCUT2D eigenvalue weighted by Gasteiger charge is -2.38. The highest BCUT2D eigenvalue weighted by atomic mass is 127. The van der Waals surface area contributed by atoms with Gasteiger partial charge in [0, 0.05) is 16.7 Å². The van der Waals surface area contributed by atoms with Crippen molar-refractivity contribution in [2.75, 3.05) is 33.9 Å². The van der Waals surface area contributed by atoms with Gasteiger partial charge in [0.2, 0.25) is 0 Å². The second kappa shape index (κ2) is 6.39. The normalized spacial score (nSPS) is 17.5. The molecule has 1 aliphatic heterocycles. The van der Waals surface area contributed by atoms with Gasteiger partial charge >= 0.3 is 0 Å². The van der Waals surface area contributed by atoms with Crippen LogP contribution in [0.4, 0.5) is 0 Å². The minimum absolute atomic E-state index is 0.00303. The first-order valence-corrected chi connectivity index (χ1v) is 7.80. The average Bonchev–Trinajstić information content (AvgIpc) is 2.45. The van der Waals surface area contributed by atoms with Crippen LogP contribution in [0.2, 0.25) is 0 Å². The second-order valence-electron chi connectivity index (χ2n) is 5.52. The molecule has 0 spiro atoms. The fourth-order valence-corrected chi connectivity index (χ4v) is 3.05. The summed E-state index contributed by atoms with van der Waals surface area (Å²) in [4.78, 5) is 14.6. The lowest BCUT2D eigenvalue weighted by molar-refractivity contribution is -0.0764. The molecular weight excluding hydrogens is 385 g/mol. The molecular formula is C15H20INO4. The lowest BCUT2D eigenvalue weighted by Crippen LogP contribution is -2.50. The standard InChI is InChI=1S/C15H20INO4/c1-15(2)9-17(5-6-21-15)14(18)10-7-12(19-3)13(20-4)8-11(10)16/h7-8H,5-6,9H2,1-4H3. The van der Waals surface area contributed by atoms with Crippen molar-refractivity contribution in [1.29, 1.82) is 0 Å². The van der Waals surface area contributed by atoms with E-state index in [4.69, 9.17) is 14.2 Å². The Hall–Kier alpha value is -1.02. The summed E-state index contributed by atoms with van der Waals surface area (Å²) in [5, 5.41) is 0. The van der Waals surface area contributed by atoms with Crippen molar-refractivity contribution in [3.63, 3.8) is 0 Å². The van der Waals surface area contributed by atoms with E-state index in [0.29, 0.717) is 36.8 Å². The number of ether oxygens (including phenoxy) is 3. The van der Waals surface area contributed by atoms with Gasteiger partial charge in [-0.1, -0.05) is 0 Å². The van der Waals surface area contributed by atoms with Gasteiger partial charge in [-0.05, 0) is 48.6 Å². The molecule has 5 nitrogen and oxygen atoms in total. The number of rotatable bonds is 3. The first kappa shape index (κ1) is 16.4. The zero-order valence-electron chi connectivity index (χ0n) is 12.7. The zero-order chi connectivity index (χ0) is 15.6. The number of nitrogens with zero attached hydrogens (tertiary/aromatic N) is 1. The van der Waals surface area contributed by atoms with Gasteiger partial charge in [0.25, 0.3) is 5.91 Å². The molecule has 1 fully saturated rings. The minimum Gasteiger partial charge on any atom is -0.493 e.